The van der Waals surface area contributed by atoms with Crippen LogP contribution in [0.3, 0.4) is 0 Å². The van der Waals surface area contributed by atoms with Crippen molar-refractivity contribution in [2.45, 2.75) is 26.3 Å². The number of hydrogen-bond acceptors (Lipinski definition) is 3. The molecule has 0 atom stereocenters. The van der Waals surface area contributed by atoms with Gasteiger partial charge in [0.15, 0.2) is 0 Å². The predicted molar refractivity (Wildman–Crippen MR) is 72.4 cm³/mol. The average Bonchev–Trinajstić information content (AvgIpc) is 2.84. The van der Waals surface area contributed by atoms with E-state index in [9.17, 15) is 0 Å². The number of nitrogens with zero attached hydrogens (tertiary/aromatic N) is 3. The fourth-order valence-electron chi connectivity index (χ4n) is 1.84. The van der Waals surface area contributed by atoms with Crippen LogP contribution in [0.4, 0.5) is 0 Å². The molecule has 2 rings (SSSR count). The van der Waals surface area contributed by atoms with Crippen molar-refractivity contribution in [3.8, 4) is 0 Å². The summed E-state index contributed by atoms with van der Waals surface area (Å²) in [6, 6.07) is 4.04. The SMILES string of the molecule is CCCNCCc1cn(Cc2cccnc2)cn1. The van der Waals surface area contributed by atoms with Crippen LogP contribution in [0, 0.1) is 0 Å². The minimum Gasteiger partial charge on any atom is -0.333 e. The molecular formula is C14H20N4. The zero-order valence-corrected chi connectivity index (χ0v) is 10.8. The zero-order chi connectivity index (χ0) is 12.6. The predicted octanol–water partition coefficient (Wildman–Crippen LogP) is 1.87. The lowest BCUT2D eigenvalue weighted by molar-refractivity contribution is 0.666. The van der Waals surface area contributed by atoms with Crippen LogP contribution in [-0.2, 0) is 13.0 Å². The van der Waals surface area contributed by atoms with Crippen molar-refractivity contribution in [2.75, 3.05) is 13.1 Å². The fraction of sp³-hybridized carbons (Fsp3) is 0.429. The minimum absolute atomic E-state index is 0.837. The van der Waals surface area contributed by atoms with E-state index in [0.717, 1.165) is 31.7 Å². The van der Waals surface area contributed by atoms with Crippen LogP contribution in [0.2, 0.25) is 0 Å². The van der Waals surface area contributed by atoms with E-state index in [1.54, 1.807) is 6.20 Å². The van der Waals surface area contributed by atoms with Crippen molar-refractivity contribution in [3.63, 3.8) is 0 Å². The van der Waals surface area contributed by atoms with Crippen molar-refractivity contribution in [3.05, 3.63) is 48.3 Å². The van der Waals surface area contributed by atoms with Crippen molar-refractivity contribution < 1.29 is 0 Å². The summed E-state index contributed by atoms with van der Waals surface area (Å²) in [5, 5.41) is 3.38. The maximum absolute atomic E-state index is 4.41. The van der Waals surface area contributed by atoms with Gasteiger partial charge in [-0.2, -0.15) is 0 Å². The molecule has 18 heavy (non-hydrogen) atoms. The van der Waals surface area contributed by atoms with Crippen LogP contribution in [0.1, 0.15) is 24.6 Å². The van der Waals surface area contributed by atoms with E-state index in [4.69, 9.17) is 0 Å². The standard InChI is InChI=1S/C14H20N4/c1-2-6-15-8-5-14-11-18(12-17-14)10-13-4-3-7-16-9-13/h3-4,7,9,11-12,15H,2,5-6,8,10H2,1H3. The number of imidazole rings is 1. The smallest absolute Gasteiger partial charge is 0.0952 e. The van der Waals surface area contributed by atoms with E-state index in [-0.39, 0.29) is 0 Å². The Kier molecular flexibility index (Phi) is 4.90. The Balaban J connectivity index is 1.83. The molecule has 0 saturated heterocycles. The van der Waals surface area contributed by atoms with Gasteiger partial charge < -0.3 is 9.88 Å². The number of nitrogens with one attached hydrogen (secondary N) is 1. The van der Waals surface area contributed by atoms with Crippen molar-refractivity contribution >= 4 is 0 Å². The van der Waals surface area contributed by atoms with E-state index in [2.05, 4.69) is 39.0 Å². The van der Waals surface area contributed by atoms with Crippen LogP contribution < -0.4 is 5.32 Å². The van der Waals surface area contributed by atoms with Crippen molar-refractivity contribution in [1.29, 1.82) is 0 Å². The highest BCUT2D eigenvalue weighted by Gasteiger charge is 1.99. The zero-order valence-electron chi connectivity index (χ0n) is 10.8. The fourth-order valence-corrected chi connectivity index (χ4v) is 1.84. The van der Waals surface area contributed by atoms with E-state index in [0.29, 0.717) is 0 Å². The highest BCUT2D eigenvalue weighted by molar-refractivity contribution is 5.10. The first-order chi connectivity index (χ1) is 8.88. The molecule has 0 bridgehead atoms. The molecule has 0 aromatic carbocycles. The Bertz CT molecular complexity index is 450. The highest BCUT2D eigenvalue weighted by atomic mass is 15.0. The quantitative estimate of drug-likeness (QED) is 0.756. The van der Waals surface area contributed by atoms with Gasteiger partial charge in [0.05, 0.1) is 18.6 Å². The minimum atomic E-state index is 0.837. The summed E-state index contributed by atoms with van der Waals surface area (Å²) in [5.41, 5.74) is 2.34. The van der Waals surface area contributed by atoms with Gasteiger partial charge in [0.25, 0.3) is 0 Å². The van der Waals surface area contributed by atoms with Gasteiger partial charge in [-0.05, 0) is 24.6 Å². The molecule has 2 heterocycles. The largest absolute Gasteiger partial charge is 0.333 e. The normalized spacial score (nSPS) is 10.7. The molecule has 2 aromatic heterocycles. The summed E-state index contributed by atoms with van der Waals surface area (Å²) in [4.78, 5) is 8.53. The van der Waals surface area contributed by atoms with Gasteiger partial charge in [-0.25, -0.2) is 4.98 Å². The third-order valence-corrected chi connectivity index (χ3v) is 2.76. The lowest BCUT2D eigenvalue weighted by Gasteiger charge is -2.01. The summed E-state index contributed by atoms with van der Waals surface area (Å²) in [6.45, 7) is 5.09. The van der Waals surface area contributed by atoms with Gasteiger partial charge in [0.2, 0.25) is 0 Å². The van der Waals surface area contributed by atoms with E-state index in [1.165, 1.54) is 12.0 Å². The van der Waals surface area contributed by atoms with Gasteiger partial charge in [-0.1, -0.05) is 13.0 Å². The van der Waals surface area contributed by atoms with E-state index >= 15 is 0 Å². The van der Waals surface area contributed by atoms with Crippen LogP contribution in [0.15, 0.2) is 37.1 Å². The average molecular weight is 244 g/mol. The molecular weight excluding hydrogens is 224 g/mol. The maximum Gasteiger partial charge on any atom is 0.0952 e. The topological polar surface area (TPSA) is 42.7 Å². The molecule has 0 amide bonds. The Morgan fingerprint density at radius 3 is 3.06 bits per heavy atom. The van der Waals surface area contributed by atoms with Crippen LogP contribution in [0.25, 0.3) is 0 Å². The molecule has 0 aliphatic rings. The molecule has 1 N–H and O–H groups in total. The molecule has 0 aliphatic carbocycles. The number of aromatic nitrogens is 3. The summed E-state index contributed by atoms with van der Waals surface area (Å²) in [6.07, 6.45) is 9.85. The van der Waals surface area contributed by atoms with Gasteiger partial charge in [0.1, 0.15) is 0 Å². The Morgan fingerprint density at radius 2 is 2.28 bits per heavy atom. The van der Waals surface area contributed by atoms with Gasteiger partial charge in [-0.3, -0.25) is 4.98 Å². The third kappa shape index (κ3) is 3.96. The van der Waals surface area contributed by atoms with Crippen molar-refractivity contribution in [2.24, 2.45) is 0 Å². The first-order valence-corrected chi connectivity index (χ1v) is 6.48. The van der Waals surface area contributed by atoms with Crippen LogP contribution in [-0.4, -0.2) is 27.6 Å². The second-order valence-corrected chi connectivity index (χ2v) is 4.40. The van der Waals surface area contributed by atoms with Gasteiger partial charge in [-0.15, -0.1) is 0 Å². The highest BCUT2D eigenvalue weighted by Crippen LogP contribution is 2.02. The number of hydrogen-bond donors (Lipinski definition) is 1. The monoisotopic (exact) mass is 244 g/mol. The Labute approximate surface area is 108 Å². The summed E-state index contributed by atoms with van der Waals surface area (Å²) >= 11 is 0. The lowest BCUT2D eigenvalue weighted by atomic mass is 10.3. The lowest BCUT2D eigenvalue weighted by Crippen LogP contribution is -2.17. The summed E-state index contributed by atoms with van der Waals surface area (Å²) in [7, 11) is 0. The molecule has 4 heteroatoms. The maximum atomic E-state index is 4.41. The van der Waals surface area contributed by atoms with Crippen molar-refractivity contribution in [1.82, 2.24) is 19.9 Å². The second-order valence-electron chi connectivity index (χ2n) is 4.40. The molecule has 0 fully saturated rings. The van der Waals surface area contributed by atoms with Crippen LogP contribution in [0.5, 0.6) is 0 Å². The Hall–Kier alpha value is -1.68. The first-order valence-electron chi connectivity index (χ1n) is 6.48. The molecule has 0 spiro atoms. The molecule has 4 nitrogen and oxygen atoms in total. The number of rotatable bonds is 7. The molecule has 2 aromatic rings. The molecule has 0 aliphatic heterocycles. The molecule has 0 saturated carbocycles. The molecule has 0 unspecified atom stereocenters. The third-order valence-electron chi connectivity index (χ3n) is 2.76. The van der Waals surface area contributed by atoms with Gasteiger partial charge >= 0.3 is 0 Å². The summed E-state index contributed by atoms with van der Waals surface area (Å²) < 4.78 is 2.10. The molecule has 96 valence electrons. The van der Waals surface area contributed by atoms with E-state index < -0.39 is 0 Å². The Morgan fingerprint density at radius 1 is 1.33 bits per heavy atom. The first kappa shape index (κ1) is 12.8. The molecule has 0 radical (unpaired) electrons. The van der Waals surface area contributed by atoms with E-state index in [1.807, 2.05) is 18.6 Å². The second kappa shape index (κ2) is 6.91. The number of pyridine rings is 1. The van der Waals surface area contributed by atoms with Crippen LogP contribution >= 0.6 is 0 Å². The van der Waals surface area contributed by atoms with Gasteiger partial charge in [0, 0.05) is 31.6 Å². The summed E-state index contributed by atoms with van der Waals surface area (Å²) in [5.74, 6) is 0.